The number of hydrogen-bond acceptors (Lipinski definition) is 3. The van der Waals surface area contributed by atoms with E-state index in [0.717, 1.165) is 0 Å². The van der Waals surface area contributed by atoms with Crippen LogP contribution in [0, 0.1) is 5.92 Å². The molecule has 4 heteroatoms. The molecule has 0 spiro atoms. The molecule has 16 heavy (non-hydrogen) atoms. The van der Waals surface area contributed by atoms with E-state index in [2.05, 4.69) is 0 Å². The maximum Gasteiger partial charge on any atom is 0.339 e. The second-order valence-corrected chi connectivity index (χ2v) is 3.85. The Hall–Kier alpha value is -1.71. The topological polar surface area (TPSA) is 55.8 Å². The average molecular weight is 224 g/mol. The quantitative estimate of drug-likeness (QED) is 0.834. The Morgan fingerprint density at radius 1 is 1.44 bits per heavy atom. The van der Waals surface area contributed by atoms with Gasteiger partial charge < -0.3 is 14.6 Å². The molecule has 0 aliphatic heterocycles. The Morgan fingerprint density at radius 3 is 2.62 bits per heavy atom. The lowest BCUT2D eigenvalue weighted by Gasteiger charge is -2.14. The summed E-state index contributed by atoms with van der Waals surface area (Å²) in [6.07, 6.45) is 0. The smallest absolute Gasteiger partial charge is 0.339 e. The molecule has 0 fully saturated rings. The molecule has 4 nitrogen and oxygen atoms in total. The second kappa shape index (κ2) is 5.39. The molecule has 1 aromatic carbocycles. The first kappa shape index (κ1) is 12.4. The minimum Gasteiger partial charge on any atom is -0.493 e. The van der Waals surface area contributed by atoms with Gasteiger partial charge in [-0.15, -0.1) is 0 Å². The predicted molar refractivity (Wildman–Crippen MR) is 60.3 cm³/mol. The number of aromatic carboxylic acids is 1. The van der Waals surface area contributed by atoms with Gasteiger partial charge in [0.1, 0.15) is 5.56 Å². The molecule has 0 saturated heterocycles. The van der Waals surface area contributed by atoms with E-state index >= 15 is 0 Å². The highest BCUT2D eigenvalue weighted by atomic mass is 16.5. The van der Waals surface area contributed by atoms with Crippen LogP contribution >= 0.6 is 0 Å². The molecule has 0 atom stereocenters. The normalized spacial score (nSPS) is 10.2. The molecule has 0 aromatic heterocycles. The minimum absolute atomic E-state index is 0.125. The van der Waals surface area contributed by atoms with Crippen LogP contribution in [0.5, 0.6) is 11.5 Å². The molecular weight excluding hydrogens is 208 g/mol. The molecule has 0 radical (unpaired) electrons. The van der Waals surface area contributed by atoms with Crippen molar-refractivity contribution in [1.29, 1.82) is 0 Å². The molecule has 0 bridgehead atoms. The van der Waals surface area contributed by atoms with Crippen LogP contribution in [0.15, 0.2) is 18.2 Å². The lowest BCUT2D eigenvalue weighted by molar-refractivity contribution is 0.0690. The Kier molecular flexibility index (Phi) is 4.17. The van der Waals surface area contributed by atoms with E-state index in [-0.39, 0.29) is 5.56 Å². The Labute approximate surface area is 94.8 Å². The summed E-state index contributed by atoms with van der Waals surface area (Å²) in [6, 6.07) is 4.81. The second-order valence-electron chi connectivity index (χ2n) is 3.85. The van der Waals surface area contributed by atoms with E-state index in [1.807, 2.05) is 13.8 Å². The van der Waals surface area contributed by atoms with Gasteiger partial charge in [0.25, 0.3) is 0 Å². The highest BCUT2D eigenvalue weighted by Gasteiger charge is 2.16. The summed E-state index contributed by atoms with van der Waals surface area (Å²) >= 11 is 0. The SMILES string of the molecule is COc1cccc(C(=O)O)c1OCC(C)C. The molecule has 0 saturated carbocycles. The van der Waals surface area contributed by atoms with E-state index in [1.165, 1.54) is 13.2 Å². The van der Waals surface area contributed by atoms with Crippen molar-refractivity contribution < 1.29 is 19.4 Å². The number of carbonyl (C=O) groups is 1. The van der Waals surface area contributed by atoms with E-state index in [9.17, 15) is 4.79 Å². The number of methoxy groups -OCH3 is 1. The van der Waals surface area contributed by atoms with E-state index in [4.69, 9.17) is 14.6 Å². The van der Waals surface area contributed by atoms with Crippen molar-refractivity contribution >= 4 is 5.97 Å². The summed E-state index contributed by atoms with van der Waals surface area (Å²) in [6.45, 7) is 4.45. The Bertz CT molecular complexity index is 371. The minimum atomic E-state index is -1.02. The molecule has 1 N–H and O–H groups in total. The fraction of sp³-hybridized carbons (Fsp3) is 0.417. The van der Waals surface area contributed by atoms with Crippen molar-refractivity contribution in [2.45, 2.75) is 13.8 Å². The number of benzene rings is 1. The summed E-state index contributed by atoms with van der Waals surface area (Å²) in [5.41, 5.74) is 0.125. The maximum absolute atomic E-state index is 11.0. The van der Waals surface area contributed by atoms with Crippen molar-refractivity contribution in [2.75, 3.05) is 13.7 Å². The third-order valence-electron chi connectivity index (χ3n) is 1.99. The number of ether oxygens (including phenoxy) is 2. The molecule has 88 valence electrons. The molecule has 0 heterocycles. The Morgan fingerprint density at radius 2 is 2.12 bits per heavy atom. The highest BCUT2D eigenvalue weighted by molar-refractivity contribution is 5.92. The lowest BCUT2D eigenvalue weighted by Crippen LogP contribution is -2.09. The van der Waals surface area contributed by atoms with Gasteiger partial charge in [-0.1, -0.05) is 19.9 Å². The number of carboxylic acid groups (broad SMARTS) is 1. The van der Waals surface area contributed by atoms with Crippen LogP contribution in [0.2, 0.25) is 0 Å². The average Bonchev–Trinajstić information content (AvgIpc) is 2.25. The zero-order valence-corrected chi connectivity index (χ0v) is 9.69. The van der Waals surface area contributed by atoms with Crippen molar-refractivity contribution in [3.8, 4) is 11.5 Å². The van der Waals surface area contributed by atoms with Crippen LogP contribution in [0.3, 0.4) is 0 Å². The fourth-order valence-electron chi connectivity index (χ4n) is 1.24. The van der Waals surface area contributed by atoms with Gasteiger partial charge in [-0.3, -0.25) is 0 Å². The van der Waals surface area contributed by atoms with Gasteiger partial charge in [-0.05, 0) is 18.1 Å². The van der Waals surface area contributed by atoms with E-state index in [1.54, 1.807) is 12.1 Å². The summed E-state index contributed by atoms with van der Waals surface area (Å²) < 4.78 is 10.6. The lowest BCUT2D eigenvalue weighted by atomic mass is 10.2. The van der Waals surface area contributed by atoms with Gasteiger partial charge in [0.05, 0.1) is 13.7 Å². The van der Waals surface area contributed by atoms with Crippen LogP contribution < -0.4 is 9.47 Å². The molecule has 0 aliphatic carbocycles. The fourth-order valence-corrected chi connectivity index (χ4v) is 1.24. The number of para-hydroxylation sites is 1. The number of carboxylic acids is 1. The first-order valence-corrected chi connectivity index (χ1v) is 5.09. The van der Waals surface area contributed by atoms with Crippen molar-refractivity contribution in [3.05, 3.63) is 23.8 Å². The van der Waals surface area contributed by atoms with Crippen LogP contribution in [-0.4, -0.2) is 24.8 Å². The zero-order valence-electron chi connectivity index (χ0n) is 9.69. The summed E-state index contributed by atoms with van der Waals surface area (Å²) in [5.74, 6) is 0.0518. The standard InChI is InChI=1S/C12H16O4/c1-8(2)7-16-11-9(12(13)14)5-4-6-10(11)15-3/h4-6,8H,7H2,1-3H3,(H,13,14). The summed E-state index contributed by atoms with van der Waals surface area (Å²) in [7, 11) is 1.49. The van der Waals surface area contributed by atoms with Crippen LogP contribution in [0.1, 0.15) is 24.2 Å². The van der Waals surface area contributed by atoms with Crippen molar-refractivity contribution in [3.63, 3.8) is 0 Å². The van der Waals surface area contributed by atoms with Crippen LogP contribution in [0.25, 0.3) is 0 Å². The number of rotatable bonds is 5. The van der Waals surface area contributed by atoms with Crippen LogP contribution in [0.4, 0.5) is 0 Å². The number of hydrogen-bond donors (Lipinski definition) is 1. The predicted octanol–water partition coefficient (Wildman–Crippen LogP) is 2.43. The van der Waals surface area contributed by atoms with Crippen LogP contribution in [-0.2, 0) is 0 Å². The van der Waals surface area contributed by atoms with Crippen molar-refractivity contribution in [1.82, 2.24) is 0 Å². The van der Waals surface area contributed by atoms with Gasteiger partial charge in [0.2, 0.25) is 0 Å². The van der Waals surface area contributed by atoms with E-state index < -0.39 is 5.97 Å². The van der Waals surface area contributed by atoms with E-state index in [0.29, 0.717) is 24.0 Å². The maximum atomic E-state index is 11.0. The first-order chi connectivity index (χ1) is 7.56. The van der Waals surface area contributed by atoms with Crippen molar-refractivity contribution in [2.24, 2.45) is 5.92 Å². The molecule has 0 aliphatic rings. The monoisotopic (exact) mass is 224 g/mol. The van der Waals surface area contributed by atoms with Gasteiger partial charge in [0, 0.05) is 0 Å². The third-order valence-corrected chi connectivity index (χ3v) is 1.99. The Balaban J connectivity index is 3.04. The molecule has 1 rings (SSSR count). The molecule has 0 amide bonds. The third kappa shape index (κ3) is 2.89. The van der Waals surface area contributed by atoms with Gasteiger partial charge in [-0.25, -0.2) is 4.79 Å². The zero-order chi connectivity index (χ0) is 12.1. The highest BCUT2D eigenvalue weighted by Crippen LogP contribution is 2.31. The first-order valence-electron chi connectivity index (χ1n) is 5.09. The summed E-state index contributed by atoms with van der Waals surface area (Å²) in [4.78, 5) is 11.0. The van der Waals surface area contributed by atoms with Gasteiger partial charge >= 0.3 is 5.97 Å². The van der Waals surface area contributed by atoms with Gasteiger partial charge in [0.15, 0.2) is 11.5 Å². The molecule has 0 unspecified atom stereocenters. The molecular formula is C12H16O4. The summed E-state index contributed by atoms with van der Waals surface area (Å²) in [5, 5.41) is 9.02. The van der Waals surface area contributed by atoms with Gasteiger partial charge in [-0.2, -0.15) is 0 Å². The largest absolute Gasteiger partial charge is 0.493 e. The molecule has 1 aromatic rings.